The lowest BCUT2D eigenvalue weighted by atomic mass is 9.93. The van der Waals surface area contributed by atoms with E-state index in [1.807, 2.05) is 30.3 Å². The lowest BCUT2D eigenvalue weighted by Gasteiger charge is -2.26. The van der Waals surface area contributed by atoms with Gasteiger partial charge in [-0.05, 0) is 62.1 Å². The van der Waals surface area contributed by atoms with Crippen LogP contribution < -0.4 is 10.1 Å². The van der Waals surface area contributed by atoms with Gasteiger partial charge in [0.15, 0.2) is 5.78 Å². The van der Waals surface area contributed by atoms with E-state index in [4.69, 9.17) is 4.74 Å². The predicted molar refractivity (Wildman–Crippen MR) is 122 cm³/mol. The highest BCUT2D eigenvalue weighted by atomic mass is 16.5. The largest absolute Gasteiger partial charge is 0.457 e. The zero-order chi connectivity index (χ0) is 21.9. The van der Waals surface area contributed by atoms with Gasteiger partial charge in [0.2, 0.25) is 0 Å². The van der Waals surface area contributed by atoms with Crippen LogP contribution in [-0.2, 0) is 0 Å². The number of aliphatic hydroxyl groups is 1. The Morgan fingerprint density at radius 3 is 2.44 bits per heavy atom. The van der Waals surface area contributed by atoms with Gasteiger partial charge in [0.05, 0.1) is 17.1 Å². The average Bonchev–Trinajstić information content (AvgIpc) is 3.27. The van der Waals surface area contributed by atoms with Crippen molar-refractivity contribution in [2.45, 2.75) is 37.8 Å². The number of nitrogens with one attached hydrogen (secondary N) is 2. The zero-order valence-corrected chi connectivity index (χ0v) is 17.5. The molecule has 0 atom stereocenters. The second-order valence-corrected chi connectivity index (χ2v) is 8.07. The van der Waals surface area contributed by atoms with Crippen molar-refractivity contribution in [3.05, 3.63) is 78.2 Å². The lowest BCUT2D eigenvalue weighted by molar-refractivity contribution is 0.104. The monoisotopic (exact) mass is 428 g/mol. The van der Waals surface area contributed by atoms with Crippen molar-refractivity contribution in [3.63, 3.8) is 0 Å². The van der Waals surface area contributed by atoms with E-state index in [0.29, 0.717) is 33.7 Å². The lowest BCUT2D eigenvalue weighted by Crippen LogP contribution is -2.28. The molecule has 1 saturated carbocycles. The van der Waals surface area contributed by atoms with Crippen LogP contribution in [0.15, 0.2) is 67.1 Å². The maximum absolute atomic E-state index is 13.3. The molecule has 1 aliphatic rings. The molecular formula is C25H24N4O3. The van der Waals surface area contributed by atoms with Crippen LogP contribution in [0.3, 0.4) is 0 Å². The van der Waals surface area contributed by atoms with Crippen molar-refractivity contribution in [1.29, 1.82) is 0 Å². The van der Waals surface area contributed by atoms with Crippen LogP contribution in [0.2, 0.25) is 0 Å². The second kappa shape index (κ2) is 8.80. The summed E-state index contributed by atoms with van der Waals surface area (Å²) in [5.41, 5.74) is 1.70. The number of ketones is 1. The Hall–Kier alpha value is -3.71. The van der Waals surface area contributed by atoms with Crippen molar-refractivity contribution in [2.75, 3.05) is 5.32 Å². The van der Waals surface area contributed by atoms with E-state index in [1.54, 1.807) is 30.5 Å². The van der Waals surface area contributed by atoms with Crippen LogP contribution in [0.4, 0.5) is 5.82 Å². The van der Waals surface area contributed by atoms with Crippen LogP contribution in [-0.4, -0.2) is 38.0 Å². The molecule has 0 saturated heterocycles. The third-order valence-electron chi connectivity index (χ3n) is 5.85. The summed E-state index contributed by atoms with van der Waals surface area (Å²) in [5, 5.41) is 13.9. The minimum Gasteiger partial charge on any atom is -0.457 e. The number of rotatable bonds is 6. The second-order valence-electron chi connectivity index (χ2n) is 8.07. The van der Waals surface area contributed by atoms with Crippen LogP contribution in [0, 0.1) is 0 Å². The number of benzene rings is 2. The number of carbonyl (C=O) groups excluding carboxylic acids is 1. The Balaban J connectivity index is 1.39. The zero-order valence-electron chi connectivity index (χ0n) is 17.5. The third-order valence-corrected chi connectivity index (χ3v) is 5.85. The summed E-state index contributed by atoms with van der Waals surface area (Å²) >= 11 is 0. The van der Waals surface area contributed by atoms with Crippen molar-refractivity contribution in [2.24, 2.45) is 0 Å². The Morgan fingerprint density at radius 1 is 0.969 bits per heavy atom. The molecule has 1 fully saturated rings. The number of ether oxygens (including phenoxy) is 1. The van der Waals surface area contributed by atoms with E-state index in [0.717, 1.165) is 31.4 Å². The molecule has 3 N–H and O–H groups in total. The van der Waals surface area contributed by atoms with Gasteiger partial charge in [0, 0.05) is 17.8 Å². The molecule has 7 nitrogen and oxygen atoms in total. The normalized spacial score (nSPS) is 18.4. The highest BCUT2D eigenvalue weighted by Gasteiger charge is 2.23. The van der Waals surface area contributed by atoms with E-state index < -0.39 is 0 Å². The highest BCUT2D eigenvalue weighted by molar-refractivity contribution is 6.18. The van der Waals surface area contributed by atoms with E-state index in [9.17, 15) is 9.90 Å². The number of para-hydroxylation sites is 1. The standard InChI is InChI=1S/C25H24N4O3/c30-18-10-8-17(9-11-18)29-25-22-21(14-26-24(22)27-15-28-25)23(31)16-6-12-20(13-7-16)32-19-4-2-1-3-5-19/h1-7,12-15,17-18,30H,8-11H2,(H2,26,27,28,29)/t17-,18-. The van der Waals surface area contributed by atoms with Crippen molar-refractivity contribution in [1.82, 2.24) is 15.0 Å². The number of hydrogen-bond acceptors (Lipinski definition) is 6. The van der Waals surface area contributed by atoms with Gasteiger partial charge < -0.3 is 20.1 Å². The molecule has 0 bridgehead atoms. The van der Waals surface area contributed by atoms with Crippen molar-refractivity contribution >= 4 is 22.6 Å². The van der Waals surface area contributed by atoms with E-state index in [2.05, 4.69) is 20.3 Å². The van der Waals surface area contributed by atoms with Gasteiger partial charge in [-0.3, -0.25) is 4.79 Å². The Kier molecular flexibility index (Phi) is 5.56. The minimum atomic E-state index is -0.225. The Bertz CT molecular complexity index is 1210. The molecule has 2 aromatic carbocycles. The summed E-state index contributed by atoms with van der Waals surface area (Å²) in [6.07, 6.45) is 6.21. The van der Waals surface area contributed by atoms with Crippen LogP contribution >= 0.6 is 0 Å². The summed E-state index contributed by atoms with van der Waals surface area (Å²) in [6.45, 7) is 0. The van der Waals surface area contributed by atoms with Gasteiger partial charge in [-0.25, -0.2) is 9.97 Å². The van der Waals surface area contributed by atoms with Crippen LogP contribution in [0.25, 0.3) is 11.0 Å². The number of carbonyl (C=O) groups is 1. The fourth-order valence-corrected chi connectivity index (χ4v) is 4.12. The predicted octanol–water partition coefficient (Wildman–Crippen LogP) is 4.70. The van der Waals surface area contributed by atoms with Crippen LogP contribution in [0.1, 0.15) is 41.6 Å². The number of anilines is 1. The number of fused-ring (bicyclic) bond motifs is 1. The molecule has 0 aliphatic heterocycles. The number of nitrogens with zero attached hydrogens (tertiary/aromatic N) is 2. The maximum atomic E-state index is 13.3. The number of aliphatic hydroxyl groups excluding tert-OH is 1. The first-order chi connectivity index (χ1) is 15.7. The summed E-state index contributed by atoms with van der Waals surface area (Å²) < 4.78 is 5.82. The first-order valence-electron chi connectivity index (χ1n) is 10.8. The molecule has 0 unspecified atom stereocenters. The molecule has 1 aliphatic carbocycles. The number of aromatic amines is 1. The average molecular weight is 428 g/mol. The quantitative estimate of drug-likeness (QED) is 0.385. The minimum absolute atomic E-state index is 0.112. The molecule has 4 aromatic rings. The van der Waals surface area contributed by atoms with Crippen molar-refractivity contribution in [3.8, 4) is 11.5 Å². The van der Waals surface area contributed by atoms with E-state index in [-0.39, 0.29) is 17.9 Å². The van der Waals surface area contributed by atoms with Gasteiger partial charge in [-0.1, -0.05) is 18.2 Å². The molecule has 162 valence electrons. The highest BCUT2D eigenvalue weighted by Crippen LogP contribution is 2.29. The Morgan fingerprint density at radius 2 is 1.69 bits per heavy atom. The topological polar surface area (TPSA) is 100 Å². The summed E-state index contributed by atoms with van der Waals surface area (Å²) in [5.74, 6) is 1.94. The number of aromatic nitrogens is 3. The fraction of sp³-hybridized carbons (Fsp3) is 0.240. The van der Waals surface area contributed by atoms with Crippen LogP contribution in [0.5, 0.6) is 11.5 Å². The number of hydrogen-bond donors (Lipinski definition) is 3. The smallest absolute Gasteiger partial charge is 0.195 e. The molecule has 32 heavy (non-hydrogen) atoms. The summed E-state index contributed by atoms with van der Waals surface area (Å²) in [4.78, 5) is 25.1. The van der Waals surface area contributed by atoms with Gasteiger partial charge in [0.25, 0.3) is 0 Å². The third kappa shape index (κ3) is 4.20. The van der Waals surface area contributed by atoms with Crippen molar-refractivity contribution < 1.29 is 14.6 Å². The molecule has 2 heterocycles. The van der Waals surface area contributed by atoms with E-state index in [1.165, 1.54) is 6.33 Å². The first-order valence-corrected chi connectivity index (χ1v) is 10.8. The SMILES string of the molecule is O=C(c1ccc(Oc2ccccc2)cc1)c1c[nH]c2ncnc(N[C@H]3CC[C@H](O)CC3)c12. The first kappa shape index (κ1) is 20.2. The van der Waals surface area contributed by atoms with Gasteiger partial charge in [-0.2, -0.15) is 0 Å². The molecule has 0 spiro atoms. The molecule has 5 rings (SSSR count). The maximum Gasteiger partial charge on any atom is 0.195 e. The molecular weight excluding hydrogens is 404 g/mol. The number of H-pyrrole nitrogens is 1. The Labute approximate surface area is 185 Å². The molecule has 2 aromatic heterocycles. The van der Waals surface area contributed by atoms with Gasteiger partial charge in [0.1, 0.15) is 29.3 Å². The van der Waals surface area contributed by atoms with Gasteiger partial charge >= 0.3 is 0 Å². The fourth-order valence-electron chi connectivity index (χ4n) is 4.12. The molecule has 0 amide bonds. The summed E-state index contributed by atoms with van der Waals surface area (Å²) in [6, 6.07) is 16.8. The molecule has 7 heteroatoms. The summed E-state index contributed by atoms with van der Waals surface area (Å²) in [7, 11) is 0. The van der Waals surface area contributed by atoms with Gasteiger partial charge in [-0.15, -0.1) is 0 Å². The van der Waals surface area contributed by atoms with E-state index >= 15 is 0 Å². The molecule has 0 radical (unpaired) electrons.